The standard InChI is InChI=1S/C11H10O2/c1-8-7-10-4-2-3-9(5-6-12)11(10)13-8/h2-4,6-7H,5H2,1H3. The summed E-state index contributed by atoms with van der Waals surface area (Å²) in [6.07, 6.45) is 1.32. The number of carbonyl (C=O) groups excluding carboxylic acids is 1. The van der Waals surface area contributed by atoms with Gasteiger partial charge in [-0.05, 0) is 13.0 Å². The lowest BCUT2D eigenvalue weighted by molar-refractivity contribution is -0.107. The summed E-state index contributed by atoms with van der Waals surface area (Å²) in [5, 5.41) is 1.07. The number of carbonyl (C=O) groups is 1. The maximum Gasteiger partial charge on any atom is 0.137 e. The van der Waals surface area contributed by atoms with E-state index in [9.17, 15) is 4.79 Å². The first-order valence-electron chi connectivity index (χ1n) is 4.23. The van der Waals surface area contributed by atoms with Crippen LogP contribution in [0.15, 0.2) is 28.7 Å². The lowest BCUT2D eigenvalue weighted by Gasteiger charge is -1.95. The fourth-order valence-corrected chi connectivity index (χ4v) is 1.50. The van der Waals surface area contributed by atoms with Crippen molar-refractivity contribution in [3.05, 3.63) is 35.6 Å². The quantitative estimate of drug-likeness (QED) is 0.655. The Morgan fingerprint density at radius 3 is 3.08 bits per heavy atom. The van der Waals surface area contributed by atoms with E-state index in [2.05, 4.69) is 0 Å². The summed E-state index contributed by atoms with van der Waals surface area (Å²) in [5.74, 6) is 0.883. The van der Waals surface area contributed by atoms with Crippen molar-refractivity contribution in [2.45, 2.75) is 13.3 Å². The van der Waals surface area contributed by atoms with Crippen molar-refractivity contribution in [3.63, 3.8) is 0 Å². The van der Waals surface area contributed by atoms with Crippen LogP contribution >= 0.6 is 0 Å². The van der Waals surface area contributed by atoms with Crippen molar-refractivity contribution in [3.8, 4) is 0 Å². The highest BCUT2D eigenvalue weighted by atomic mass is 16.3. The fraction of sp³-hybridized carbons (Fsp3) is 0.182. The Balaban J connectivity index is 2.67. The minimum absolute atomic E-state index is 0.421. The molecule has 0 bridgehead atoms. The molecular weight excluding hydrogens is 164 g/mol. The third-order valence-corrected chi connectivity index (χ3v) is 2.05. The van der Waals surface area contributed by atoms with E-state index in [1.807, 2.05) is 31.2 Å². The van der Waals surface area contributed by atoms with Crippen LogP contribution in [-0.4, -0.2) is 6.29 Å². The van der Waals surface area contributed by atoms with E-state index in [4.69, 9.17) is 4.42 Å². The molecule has 0 spiro atoms. The van der Waals surface area contributed by atoms with Crippen molar-refractivity contribution in [2.75, 3.05) is 0 Å². The molecule has 66 valence electrons. The fourth-order valence-electron chi connectivity index (χ4n) is 1.50. The minimum Gasteiger partial charge on any atom is -0.461 e. The van der Waals surface area contributed by atoms with E-state index in [0.717, 1.165) is 28.6 Å². The molecule has 1 aromatic carbocycles. The van der Waals surface area contributed by atoms with E-state index >= 15 is 0 Å². The van der Waals surface area contributed by atoms with Crippen LogP contribution in [0.1, 0.15) is 11.3 Å². The average molecular weight is 174 g/mol. The van der Waals surface area contributed by atoms with Crippen molar-refractivity contribution in [1.82, 2.24) is 0 Å². The van der Waals surface area contributed by atoms with Gasteiger partial charge in [-0.15, -0.1) is 0 Å². The second-order valence-corrected chi connectivity index (χ2v) is 3.06. The van der Waals surface area contributed by atoms with E-state index in [1.54, 1.807) is 0 Å². The number of hydrogen-bond acceptors (Lipinski definition) is 2. The molecule has 0 radical (unpaired) electrons. The number of benzene rings is 1. The lowest BCUT2D eigenvalue weighted by Crippen LogP contribution is -1.84. The van der Waals surface area contributed by atoms with Gasteiger partial charge in [0, 0.05) is 17.4 Å². The van der Waals surface area contributed by atoms with E-state index < -0.39 is 0 Å². The van der Waals surface area contributed by atoms with Crippen LogP contribution < -0.4 is 0 Å². The first-order chi connectivity index (χ1) is 6.31. The zero-order chi connectivity index (χ0) is 9.26. The lowest BCUT2D eigenvalue weighted by atomic mass is 10.1. The third-order valence-electron chi connectivity index (χ3n) is 2.05. The van der Waals surface area contributed by atoms with E-state index in [-0.39, 0.29) is 0 Å². The molecule has 0 saturated carbocycles. The number of furan rings is 1. The third kappa shape index (κ3) is 1.35. The van der Waals surface area contributed by atoms with Gasteiger partial charge in [0.05, 0.1) is 0 Å². The first-order valence-corrected chi connectivity index (χ1v) is 4.23. The molecule has 2 rings (SSSR count). The number of rotatable bonds is 2. The maximum atomic E-state index is 10.4. The second-order valence-electron chi connectivity index (χ2n) is 3.06. The summed E-state index contributed by atoms with van der Waals surface area (Å²) in [4.78, 5) is 10.4. The van der Waals surface area contributed by atoms with Gasteiger partial charge >= 0.3 is 0 Å². The number of para-hydroxylation sites is 1. The molecule has 0 aliphatic carbocycles. The number of aldehydes is 1. The molecule has 0 saturated heterocycles. The molecule has 2 heteroatoms. The highest BCUT2D eigenvalue weighted by Gasteiger charge is 2.04. The Morgan fingerprint density at radius 1 is 1.46 bits per heavy atom. The molecular formula is C11H10O2. The molecule has 2 nitrogen and oxygen atoms in total. The predicted octanol–water partition coefficient (Wildman–Crippen LogP) is 2.48. The van der Waals surface area contributed by atoms with Crippen molar-refractivity contribution in [2.24, 2.45) is 0 Å². The molecule has 0 aliphatic rings. The van der Waals surface area contributed by atoms with Gasteiger partial charge < -0.3 is 9.21 Å². The second kappa shape index (κ2) is 3.05. The van der Waals surface area contributed by atoms with Gasteiger partial charge in [-0.2, -0.15) is 0 Å². The van der Waals surface area contributed by atoms with Gasteiger partial charge in [-0.25, -0.2) is 0 Å². The summed E-state index contributed by atoms with van der Waals surface area (Å²) in [7, 11) is 0. The Labute approximate surface area is 76.2 Å². The summed E-state index contributed by atoms with van der Waals surface area (Å²) < 4.78 is 5.49. The zero-order valence-electron chi connectivity index (χ0n) is 7.41. The van der Waals surface area contributed by atoms with E-state index in [1.165, 1.54) is 0 Å². The van der Waals surface area contributed by atoms with Crippen LogP contribution in [0, 0.1) is 6.92 Å². The van der Waals surface area contributed by atoms with Crippen molar-refractivity contribution in [1.29, 1.82) is 0 Å². The molecule has 0 unspecified atom stereocenters. The molecule has 0 amide bonds. The Hall–Kier alpha value is -1.57. The number of aryl methyl sites for hydroxylation is 1. The summed E-state index contributed by atoms with van der Waals surface area (Å²) >= 11 is 0. The molecule has 1 aromatic heterocycles. The van der Waals surface area contributed by atoms with Crippen LogP contribution in [0.3, 0.4) is 0 Å². The van der Waals surface area contributed by atoms with Gasteiger partial charge in [0.25, 0.3) is 0 Å². The number of fused-ring (bicyclic) bond motifs is 1. The smallest absolute Gasteiger partial charge is 0.137 e. The highest BCUT2D eigenvalue weighted by Crippen LogP contribution is 2.22. The van der Waals surface area contributed by atoms with Gasteiger partial charge in [0.15, 0.2) is 0 Å². The Bertz CT molecular complexity index is 440. The first kappa shape index (κ1) is 8.05. The van der Waals surface area contributed by atoms with Gasteiger partial charge in [-0.1, -0.05) is 18.2 Å². The van der Waals surface area contributed by atoms with Gasteiger partial charge in [-0.3, -0.25) is 0 Å². The molecule has 13 heavy (non-hydrogen) atoms. The minimum atomic E-state index is 0.421. The van der Waals surface area contributed by atoms with Crippen LogP contribution in [0.5, 0.6) is 0 Å². The van der Waals surface area contributed by atoms with Gasteiger partial charge in [0.1, 0.15) is 17.6 Å². The van der Waals surface area contributed by atoms with Crippen molar-refractivity contribution >= 4 is 17.3 Å². The normalized spacial score (nSPS) is 10.5. The van der Waals surface area contributed by atoms with Crippen molar-refractivity contribution < 1.29 is 9.21 Å². The van der Waals surface area contributed by atoms with E-state index in [0.29, 0.717) is 6.42 Å². The maximum absolute atomic E-state index is 10.4. The molecule has 1 heterocycles. The summed E-state index contributed by atoms with van der Waals surface area (Å²) in [6, 6.07) is 7.82. The molecule has 0 aliphatic heterocycles. The Kier molecular flexibility index (Phi) is 1.89. The van der Waals surface area contributed by atoms with Crippen LogP contribution in [-0.2, 0) is 11.2 Å². The summed E-state index contributed by atoms with van der Waals surface area (Å²) in [5.41, 5.74) is 1.80. The number of hydrogen-bond donors (Lipinski definition) is 0. The zero-order valence-corrected chi connectivity index (χ0v) is 7.41. The van der Waals surface area contributed by atoms with Crippen LogP contribution in [0.2, 0.25) is 0 Å². The predicted molar refractivity (Wildman–Crippen MR) is 50.7 cm³/mol. The topological polar surface area (TPSA) is 30.2 Å². The molecule has 0 N–H and O–H groups in total. The molecule has 0 fully saturated rings. The highest BCUT2D eigenvalue weighted by molar-refractivity contribution is 5.82. The largest absolute Gasteiger partial charge is 0.461 e. The monoisotopic (exact) mass is 174 g/mol. The Morgan fingerprint density at radius 2 is 2.31 bits per heavy atom. The van der Waals surface area contributed by atoms with Gasteiger partial charge in [0.2, 0.25) is 0 Å². The van der Waals surface area contributed by atoms with Crippen LogP contribution in [0.25, 0.3) is 11.0 Å². The molecule has 0 atom stereocenters. The molecule has 2 aromatic rings. The summed E-state index contributed by atoms with van der Waals surface area (Å²) in [6.45, 7) is 1.91. The average Bonchev–Trinajstić information content (AvgIpc) is 2.47. The SMILES string of the molecule is Cc1cc2cccc(CC=O)c2o1. The van der Waals surface area contributed by atoms with Crippen LogP contribution in [0.4, 0.5) is 0 Å².